The van der Waals surface area contributed by atoms with Crippen molar-refractivity contribution in [2.45, 2.75) is 13.3 Å². The minimum absolute atomic E-state index is 0.0466. The maximum atomic E-state index is 11.3. The van der Waals surface area contributed by atoms with Crippen LogP contribution < -0.4 is 10.5 Å². The molecular weight excluding hydrogens is 260 g/mol. The molecule has 0 saturated heterocycles. The summed E-state index contributed by atoms with van der Waals surface area (Å²) < 4.78 is 9.77. The number of methoxy groups -OCH3 is 1. The van der Waals surface area contributed by atoms with Crippen molar-refractivity contribution in [2.24, 2.45) is 5.73 Å². The van der Waals surface area contributed by atoms with Crippen LogP contribution in [0, 0.1) is 0 Å². The summed E-state index contributed by atoms with van der Waals surface area (Å²) in [5.74, 6) is -1.13. The number of hydrogen-bond donors (Lipinski definition) is 1. The van der Waals surface area contributed by atoms with Gasteiger partial charge in [-0.3, -0.25) is 9.59 Å². The number of amides is 1. The third-order valence-corrected chi connectivity index (χ3v) is 2.54. The molecule has 0 fully saturated rings. The van der Waals surface area contributed by atoms with Gasteiger partial charge in [0, 0.05) is 11.8 Å². The minimum atomic E-state index is -0.753. The number of nitrogens with two attached hydrogens (primary N) is 1. The number of halogens is 1. The molecule has 0 aliphatic heterocycles. The second-order valence-electron chi connectivity index (χ2n) is 3.33. The van der Waals surface area contributed by atoms with Crippen molar-refractivity contribution in [3.05, 3.63) is 22.5 Å². The quantitative estimate of drug-likeness (QED) is 0.806. The monoisotopic (exact) mass is 272 g/mol. The van der Waals surface area contributed by atoms with Crippen molar-refractivity contribution in [3.8, 4) is 5.75 Å². The van der Waals surface area contributed by atoms with Gasteiger partial charge in [0.1, 0.15) is 0 Å². The number of aromatic nitrogens is 1. The van der Waals surface area contributed by atoms with Crippen molar-refractivity contribution >= 4 is 23.5 Å². The van der Waals surface area contributed by atoms with Gasteiger partial charge in [-0.15, -0.1) is 0 Å². The Kier molecular flexibility index (Phi) is 4.91. The minimum Gasteiger partial charge on any atom is -0.493 e. The summed E-state index contributed by atoms with van der Waals surface area (Å²) in [6.45, 7) is 1.98. The van der Waals surface area contributed by atoms with E-state index in [1.54, 1.807) is 6.92 Å². The first-order valence-corrected chi connectivity index (χ1v) is 5.55. The van der Waals surface area contributed by atoms with Crippen LogP contribution in [-0.4, -0.2) is 30.6 Å². The number of primary amides is 1. The first-order chi connectivity index (χ1) is 8.51. The zero-order valence-corrected chi connectivity index (χ0v) is 10.8. The van der Waals surface area contributed by atoms with Crippen molar-refractivity contribution in [2.75, 3.05) is 13.7 Å². The summed E-state index contributed by atoms with van der Waals surface area (Å²) in [6, 6.07) is 0. The van der Waals surface area contributed by atoms with Crippen molar-refractivity contribution in [3.63, 3.8) is 0 Å². The summed E-state index contributed by atoms with van der Waals surface area (Å²) in [7, 11) is 1.34. The van der Waals surface area contributed by atoms with Crippen LogP contribution in [0.4, 0.5) is 0 Å². The molecule has 18 heavy (non-hydrogen) atoms. The van der Waals surface area contributed by atoms with Crippen LogP contribution in [0.1, 0.15) is 23.0 Å². The lowest BCUT2D eigenvalue weighted by molar-refractivity contribution is -0.142. The number of pyridine rings is 1. The molecule has 0 bridgehead atoms. The molecule has 0 aliphatic rings. The summed E-state index contributed by atoms with van der Waals surface area (Å²) in [5, 5.41) is 0.134. The van der Waals surface area contributed by atoms with E-state index in [1.807, 2.05) is 0 Å². The van der Waals surface area contributed by atoms with Crippen LogP contribution in [0.15, 0.2) is 6.20 Å². The molecule has 0 atom stereocenters. The van der Waals surface area contributed by atoms with Gasteiger partial charge in [-0.05, 0) is 6.92 Å². The fraction of sp³-hybridized carbons (Fsp3) is 0.364. The van der Waals surface area contributed by atoms with Gasteiger partial charge >= 0.3 is 5.97 Å². The van der Waals surface area contributed by atoms with Gasteiger partial charge in [-0.2, -0.15) is 0 Å². The predicted octanol–water partition coefficient (Wildman–Crippen LogP) is 0.948. The first kappa shape index (κ1) is 14.2. The highest BCUT2D eigenvalue weighted by Gasteiger charge is 2.19. The Bertz CT molecular complexity index is 476. The third kappa shape index (κ3) is 3.10. The second kappa shape index (κ2) is 6.20. The van der Waals surface area contributed by atoms with Crippen LogP contribution >= 0.6 is 11.6 Å². The fourth-order valence-electron chi connectivity index (χ4n) is 1.36. The number of esters is 1. The van der Waals surface area contributed by atoms with E-state index in [-0.39, 0.29) is 29.5 Å². The van der Waals surface area contributed by atoms with Crippen LogP contribution in [-0.2, 0) is 16.0 Å². The molecule has 0 spiro atoms. The molecule has 1 heterocycles. The maximum absolute atomic E-state index is 11.3. The van der Waals surface area contributed by atoms with E-state index >= 15 is 0 Å². The Morgan fingerprint density at radius 3 is 2.67 bits per heavy atom. The topological polar surface area (TPSA) is 91.5 Å². The first-order valence-electron chi connectivity index (χ1n) is 5.18. The number of ether oxygens (including phenoxy) is 2. The van der Waals surface area contributed by atoms with Crippen molar-refractivity contribution in [1.82, 2.24) is 4.98 Å². The van der Waals surface area contributed by atoms with E-state index in [1.165, 1.54) is 13.3 Å². The highest BCUT2D eigenvalue weighted by molar-refractivity contribution is 6.33. The van der Waals surface area contributed by atoms with Gasteiger partial charge < -0.3 is 15.2 Å². The summed E-state index contributed by atoms with van der Waals surface area (Å²) in [6.07, 6.45) is 1.26. The number of carbonyl (C=O) groups excluding carboxylic acids is 2. The Morgan fingerprint density at radius 1 is 1.50 bits per heavy atom. The Morgan fingerprint density at radius 2 is 2.17 bits per heavy atom. The number of carbonyl (C=O) groups is 2. The van der Waals surface area contributed by atoms with Crippen molar-refractivity contribution in [1.29, 1.82) is 0 Å². The van der Waals surface area contributed by atoms with Crippen LogP contribution in [0.25, 0.3) is 0 Å². The number of hydrogen-bond acceptors (Lipinski definition) is 5. The zero-order chi connectivity index (χ0) is 13.7. The standard InChI is InChI=1S/C11H13ClN2O4/c1-3-18-7(15)4-6-5-14-9(11(13)16)10(17-2)8(6)12/h5H,3-4H2,1-2H3,(H2,13,16). The van der Waals surface area contributed by atoms with Gasteiger partial charge in [0.2, 0.25) is 0 Å². The molecule has 0 aliphatic carbocycles. The Balaban J connectivity index is 3.09. The highest BCUT2D eigenvalue weighted by Crippen LogP contribution is 2.30. The Labute approximate surface area is 109 Å². The molecule has 0 aromatic carbocycles. The average Bonchev–Trinajstić information content (AvgIpc) is 2.31. The number of rotatable bonds is 5. The molecular formula is C11H13ClN2O4. The summed E-state index contributed by atoms with van der Waals surface area (Å²) >= 11 is 6.02. The van der Waals surface area contributed by atoms with Gasteiger partial charge in [-0.1, -0.05) is 11.6 Å². The lowest BCUT2D eigenvalue weighted by Gasteiger charge is -2.10. The van der Waals surface area contributed by atoms with E-state index in [4.69, 9.17) is 26.8 Å². The lowest BCUT2D eigenvalue weighted by atomic mass is 10.1. The van der Waals surface area contributed by atoms with Gasteiger partial charge in [0.25, 0.3) is 5.91 Å². The second-order valence-corrected chi connectivity index (χ2v) is 3.70. The van der Waals surface area contributed by atoms with Crippen LogP contribution in [0.2, 0.25) is 5.02 Å². The van der Waals surface area contributed by atoms with E-state index < -0.39 is 11.9 Å². The van der Waals surface area contributed by atoms with E-state index in [0.717, 1.165) is 0 Å². The number of nitrogens with zero attached hydrogens (tertiary/aromatic N) is 1. The summed E-state index contributed by atoms with van der Waals surface area (Å²) in [5.41, 5.74) is 5.47. The molecule has 0 radical (unpaired) electrons. The van der Waals surface area contributed by atoms with Gasteiger partial charge in [0.15, 0.2) is 11.4 Å². The molecule has 98 valence electrons. The molecule has 7 heteroatoms. The van der Waals surface area contributed by atoms with E-state index in [2.05, 4.69) is 4.98 Å². The van der Waals surface area contributed by atoms with Gasteiger partial charge in [-0.25, -0.2) is 4.98 Å². The third-order valence-electron chi connectivity index (χ3n) is 2.12. The normalized spacial score (nSPS) is 9.94. The molecule has 0 unspecified atom stereocenters. The zero-order valence-electron chi connectivity index (χ0n) is 10.0. The molecule has 0 saturated carbocycles. The maximum Gasteiger partial charge on any atom is 0.310 e. The predicted molar refractivity (Wildman–Crippen MR) is 64.7 cm³/mol. The lowest BCUT2D eigenvalue weighted by Crippen LogP contribution is -2.16. The molecule has 6 nitrogen and oxygen atoms in total. The molecule has 1 rings (SSSR count). The van der Waals surface area contributed by atoms with Crippen molar-refractivity contribution < 1.29 is 19.1 Å². The van der Waals surface area contributed by atoms with E-state index in [0.29, 0.717) is 5.56 Å². The molecule has 1 aromatic rings. The van der Waals surface area contributed by atoms with Crippen LogP contribution in [0.5, 0.6) is 5.75 Å². The largest absolute Gasteiger partial charge is 0.493 e. The molecule has 1 amide bonds. The fourth-order valence-corrected chi connectivity index (χ4v) is 1.64. The average molecular weight is 273 g/mol. The highest BCUT2D eigenvalue weighted by atomic mass is 35.5. The smallest absolute Gasteiger partial charge is 0.310 e. The van der Waals surface area contributed by atoms with E-state index in [9.17, 15) is 9.59 Å². The Hall–Kier alpha value is -1.82. The van der Waals surface area contributed by atoms with Crippen LogP contribution in [0.3, 0.4) is 0 Å². The molecule has 1 aromatic heterocycles. The molecule has 2 N–H and O–H groups in total. The SMILES string of the molecule is CCOC(=O)Cc1cnc(C(N)=O)c(OC)c1Cl. The van der Waals surface area contributed by atoms with Gasteiger partial charge in [0.05, 0.1) is 25.2 Å². The summed E-state index contributed by atoms with van der Waals surface area (Å²) in [4.78, 5) is 26.3.